The minimum atomic E-state index is 0.223. The fraction of sp³-hybridized carbons (Fsp3) is 0.500. The molecule has 1 aromatic rings. The van der Waals surface area contributed by atoms with Crippen LogP contribution in [0.4, 0.5) is 0 Å². The van der Waals surface area contributed by atoms with E-state index in [1.165, 1.54) is 0 Å². The third-order valence-corrected chi connectivity index (χ3v) is 3.56. The number of aliphatic hydroxyl groups excluding tert-OH is 1. The Bertz CT molecular complexity index is 310. The normalized spacial score (nSPS) is 10.7. The zero-order valence-corrected chi connectivity index (χ0v) is 10.8. The maximum atomic E-state index is 8.63. The average Bonchev–Trinajstić information content (AvgIpc) is 2.15. The highest BCUT2D eigenvalue weighted by molar-refractivity contribution is 7.98. The summed E-state index contributed by atoms with van der Waals surface area (Å²) in [6.45, 7) is 2.08. The molecule has 5 heteroatoms. The Balaban J connectivity index is 2.60. The summed E-state index contributed by atoms with van der Waals surface area (Å²) in [5.41, 5.74) is 1.71. The zero-order chi connectivity index (χ0) is 11.3. The number of pyridine rings is 1. The Labute approximate surface area is 104 Å². The minimum Gasteiger partial charge on any atom is -0.396 e. The second kappa shape index (κ2) is 6.59. The smallest absolute Gasteiger partial charge is 0.134 e. The van der Waals surface area contributed by atoms with Crippen molar-refractivity contribution in [1.29, 1.82) is 0 Å². The predicted octanol–water partition coefficient (Wildman–Crippen LogP) is 3.31. The fourth-order valence-corrected chi connectivity index (χ4v) is 2.89. The minimum absolute atomic E-state index is 0.223. The predicted molar refractivity (Wildman–Crippen MR) is 66.9 cm³/mol. The third-order valence-electron chi connectivity index (χ3n) is 1.84. The molecule has 0 saturated carbocycles. The Morgan fingerprint density at radius 1 is 1.47 bits per heavy atom. The van der Waals surface area contributed by atoms with Crippen LogP contribution in [-0.2, 0) is 5.75 Å². The molecule has 0 atom stereocenters. The first-order chi connectivity index (χ1) is 7.15. The van der Waals surface area contributed by atoms with Crippen LogP contribution in [0.1, 0.15) is 17.7 Å². The van der Waals surface area contributed by atoms with Crippen LogP contribution in [0.25, 0.3) is 0 Å². The summed E-state index contributed by atoms with van der Waals surface area (Å²) in [6.07, 6.45) is 0.791. The number of hydrogen-bond donors (Lipinski definition) is 1. The van der Waals surface area contributed by atoms with E-state index in [0.717, 1.165) is 29.2 Å². The molecule has 1 N–H and O–H groups in total. The number of hydrogen-bond acceptors (Lipinski definition) is 3. The number of rotatable bonds is 5. The van der Waals surface area contributed by atoms with E-state index >= 15 is 0 Å². The zero-order valence-electron chi connectivity index (χ0n) is 8.46. The van der Waals surface area contributed by atoms with Gasteiger partial charge in [0.1, 0.15) is 5.15 Å². The van der Waals surface area contributed by atoms with Crippen molar-refractivity contribution in [2.45, 2.75) is 19.1 Å². The second-order valence-electron chi connectivity index (χ2n) is 3.14. The lowest BCUT2D eigenvalue weighted by Gasteiger charge is -2.06. The monoisotopic (exact) mass is 265 g/mol. The van der Waals surface area contributed by atoms with Gasteiger partial charge in [0.25, 0.3) is 0 Å². The first-order valence-corrected chi connectivity index (χ1v) is 6.56. The molecule has 0 bridgehead atoms. The third kappa shape index (κ3) is 4.19. The number of aryl methyl sites for hydroxylation is 1. The van der Waals surface area contributed by atoms with Gasteiger partial charge in [-0.05, 0) is 25.2 Å². The topological polar surface area (TPSA) is 33.1 Å². The van der Waals surface area contributed by atoms with Crippen LogP contribution in [0, 0.1) is 6.92 Å². The highest BCUT2D eigenvalue weighted by Crippen LogP contribution is 2.27. The largest absolute Gasteiger partial charge is 0.396 e. The van der Waals surface area contributed by atoms with E-state index in [1.54, 1.807) is 11.8 Å². The van der Waals surface area contributed by atoms with Crippen molar-refractivity contribution >= 4 is 35.0 Å². The summed E-state index contributed by atoms with van der Waals surface area (Å²) >= 11 is 13.7. The van der Waals surface area contributed by atoms with Gasteiger partial charge in [-0.25, -0.2) is 4.98 Å². The van der Waals surface area contributed by atoms with E-state index in [0.29, 0.717) is 10.2 Å². The van der Waals surface area contributed by atoms with Crippen LogP contribution in [0.5, 0.6) is 0 Å². The lowest BCUT2D eigenvalue weighted by Crippen LogP contribution is -1.93. The lowest BCUT2D eigenvalue weighted by atomic mass is 10.3. The van der Waals surface area contributed by atoms with Gasteiger partial charge in [-0.3, -0.25) is 0 Å². The molecule has 15 heavy (non-hydrogen) atoms. The molecule has 1 rings (SSSR count). The van der Waals surface area contributed by atoms with Gasteiger partial charge in [0, 0.05) is 28.6 Å². The molecule has 1 heterocycles. The molecule has 0 amide bonds. The van der Waals surface area contributed by atoms with Crippen molar-refractivity contribution < 1.29 is 5.11 Å². The number of thioether (sulfide) groups is 1. The van der Waals surface area contributed by atoms with Crippen LogP contribution in [0.2, 0.25) is 10.2 Å². The van der Waals surface area contributed by atoms with E-state index in [2.05, 4.69) is 4.98 Å². The lowest BCUT2D eigenvalue weighted by molar-refractivity contribution is 0.296. The van der Waals surface area contributed by atoms with Gasteiger partial charge < -0.3 is 5.11 Å². The second-order valence-corrected chi connectivity index (χ2v) is 5.01. The summed E-state index contributed by atoms with van der Waals surface area (Å²) in [5, 5.41) is 9.78. The molecular formula is C10H13Cl2NOS. The summed E-state index contributed by atoms with van der Waals surface area (Å²) in [7, 11) is 0. The van der Waals surface area contributed by atoms with Crippen LogP contribution in [0.15, 0.2) is 6.07 Å². The molecule has 0 spiro atoms. The molecular weight excluding hydrogens is 253 g/mol. The standard InChI is InChI=1S/C10H13Cl2NOS/c1-7-5-9(11)8(10(12)13-7)6-15-4-2-3-14/h5,14H,2-4,6H2,1H3. The van der Waals surface area contributed by atoms with E-state index < -0.39 is 0 Å². The number of aromatic nitrogens is 1. The van der Waals surface area contributed by atoms with E-state index in [1.807, 2.05) is 13.0 Å². The number of halogens is 2. The quantitative estimate of drug-likeness (QED) is 0.655. The molecule has 0 radical (unpaired) electrons. The van der Waals surface area contributed by atoms with Gasteiger partial charge in [0.2, 0.25) is 0 Å². The van der Waals surface area contributed by atoms with Crippen molar-refractivity contribution in [1.82, 2.24) is 4.98 Å². The van der Waals surface area contributed by atoms with Crippen LogP contribution < -0.4 is 0 Å². The van der Waals surface area contributed by atoms with Crippen molar-refractivity contribution in [2.75, 3.05) is 12.4 Å². The van der Waals surface area contributed by atoms with Crippen LogP contribution in [0.3, 0.4) is 0 Å². The summed E-state index contributed by atoms with van der Waals surface area (Å²) in [6, 6.07) is 1.81. The van der Waals surface area contributed by atoms with Crippen LogP contribution >= 0.6 is 35.0 Å². The Morgan fingerprint density at radius 3 is 2.80 bits per heavy atom. The summed E-state index contributed by atoms with van der Waals surface area (Å²) in [5.74, 6) is 1.64. The van der Waals surface area contributed by atoms with Gasteiger partial charge in [-0.2, -0.15) is 11.8 Å². The van der Waals surface area contributed by atoms with E-state index in [-0.39, 0.29) is 6.61 Å². The van der Waals surface area contributed by atoms with Gasteiger partial charge in [0.05, 0.1) is 0 Å². The summed E-state index contributed by atoms with van der Waals surface area (Å²) in [4.78, 5) is 4.15. The van der Waals surface area contributed by atoms with Gasteiger partial charge in [0.15, 0.2) is 0 Å². The van der Waals surface area contributed by atoms with Crippen LogP contribution in [-0.4, -0.2) is 22.5 Å². The van der Waals surface area contributed by atoms with Gasteiger partial charge in [-0.1, -0.05) is 23.2 Å². The highest BCUT2D eigenvalue weighted by Gasteiger charge is 2.08. The fourth-order valence-electron chi connectivity index (χ4n) is 1.09. The Morgan fingerprint density at radius 2 is 2.20 bits per heavy atom. The van der Waals surface area contributed by atoms with Crippen molar-refractivity contribution in [3.63, 3.8) is 0 Å². The molecule has 0 fully saturated rings. The molecule has 0 saturated heterocycles. The number of aliphatic hydroxyl groups is 1. The molecule has 0 unspecified atom stereocenters. The first-order valence-electron chi connectivity index (χ1n) is 4.65. The first kappa shape index (κ1) is 13.1. The maximum Gasteiger partial charge on any atom is 0.134 e. The van der Waals surface area contributed by atoms with E-state index in [4.69, 9.17) is 28.3 Å². The van der Waals surface area contributed by atoms with Crippen molar-refractivity contribution in [2.24, 2.45) is 0 Å². The van der Waals surface area contributed by atoms with E-state index in [9.17, 15) is 0 Å². The average molecular weight is 266 g/mol. The Hall–Kier alpha value is 0.0400. The number of nitrogens with zero attached hydrogens (tertiary/aromatic N) is 1. The van der Waals surface area contributed by atoms with Gasteiger partial charge >= 0.3 is 0 Å². The Kier molecular flexibility index (Phi) is 5.75. The SMILES string of the molecule is Cc1cc(Cl)c(CSCCCO)c(Cl)n1. The molecule has 2 nitrogen and oxygen atoms in total. The highest BCUT2D eigenvalue weighted by atomic mass is 35.5. The van der Waals surface area contributed by atoms with Crippen molar-refractivity contribution in [3.8, 4) is 0 Å². The molecule has 0 aliphatic rings. The molecule has 1 aromatic heterocycles. The molecule has 0 aliphatic heterocycles. The molecule has 84 valence electrons. The maximum absolute atomic E-state index is 8.63. The van der Waals surface area contributed by atoms with Gasteiger partial charge in [-0.15, -0.1) is 0 Å². The summed E-state index contributed by atoms with van der Waals surface area (Å²) < 4.78 is 0. The molecule has 0 aromatic carbocycles. The molecule has 0 aliphatic carbocycles. The van der Waals surface area contributed by atoms with Crippen molar-refractivity contribution in [3.05, 3.63) is 27.5 Å².